The highest BCUT2D eigenvalue weighted by Crippen LogP contribution is 2.30. The Labute approximate surface area is 198 Å². The highest BCUT2D eigenvalue weighted by molar-refractivity contribution is 7.09. The fourth-order valence-corrected chi connectivity index (χ4v) is 4.22. The molecule has 180 valence electrons. The van der Waals surface area contributed by atoms with E-state index >= 15 is 0 Å². The topological polar surface area (TPSA) is 76.5 Å². The van der Waals surface area contributed by atoms with Gasteiger partial charge in [0.1, 0.15) is 5.78 Å². The van der Waals surface area contributed by atoms with E-state index in [1.54, 1.807) is 25.2 Å². The molecule has 0 radical (unpaired) electrons. The number of aryl methyl sites for hydroxylation is 1. The van der Waals surface area contributed by atoms with Gasteiger partial charge in [-0.3, -0.25) is 9.59 Å². The van der Waals surface area contributed by atoms with Crippen LogP contribution in [-0.2, 0) is 14.3 Å². The van der Waals surface area contributed by atoms with Gasteiger partial charge in [-0.15, -0.1) is 11.3 Å². The lowest BCUT2D eigenvalue weighted by Crippen LogP contribution is -2.41. The molecule has 0 saturated heterocycles. The summed E-state index contributed by atoms with van der Waals surface area (Å²) in [5, 5.41) is 13.5. The third-order valence-corrected chi connectivity index (χ3v) is 6.62. The van der Waals surface area contributed by atoms with Crippen molar-refractivity contribution in [2.24, 2.45) is 11.3 Å². The van der Waals surface area contributed by atoms with Crippen molar-refractivity contribution in [1.29, 1.82) is 0 Å². The van der Waals surface area contributed by atoms with Gasteiger partial charge >= 0.3 is 5.97 Å². The van der Waals surface area contributed by atoms with Crippen LogP contribution in [0.25, 0.3) is 6.08 Å². The summed E-state index contributed by atoms with van der Waals surface area (Å²) in [4.78, 5) is 28.7. The number of ether oxygens (including phenoxy) is 1. The lowest BCUT2D eigenvalue weighted by atomic mass is 9.75. The number of carbonyl (C=O) groups is 2. The van der Waals surface area contributed by atoms with Gasteiger partial charge in [-0.25, -0.2) is 4.98 Å². The fourth-order valence-electron chi connectivity index (χ4n) is 3.64. The molecule has 6 heteroatoms. The predicted octanol–water partition coefficient (Wildman–Crippen LogP) is 6.30. The Morgan fingerprint density at radius 1 is 1.22 bits per heavy atom. The van der Waals surface area contributed by atoms with Crippen molar-refractivity contribution in [2.45, 2.75) is 92.6 Å². The molecule has 5 nitrogen and oxygen atoms in total. The zero-order valence-corrected chi connectivity index (χ0v) is 21.5. The largest absolute Gasteiger partial charge is 0.465 e. The summed E-state index contributed by atoms with van der Waals surface area (Å²) < 4.78 is 5.16. The molecular weight excluding hydrogens is 422 g/mol. The van der Waals surface area contributed by atoms with Crippen molar-refractivity contribution in [3.8, 4) is 0 Å². The SMILES string of the molecule is C/C1=C/CCOC(=O)CC(O)C(C)(C)C(=O)C(C)CCCCC1.C/C=C\c1csc(C)n1. The second-order valence-corrected chi connectivity index (χ2v) is 10.2. The third-order valence-electron chi connectivity index (χ3n) is 5.83. The number of esters is 1. The third kappa shape index (κ3) is 10.2. The van der Waals surface area contributed by atoms with Crippen molar-refractivity contribution < 1.29 is 19.4 Å². The van der Waals surface area contributed by atoms with Gasteiger partial charge in [0.15, 0.2) is 0 Å². The Bertz CT molecular complexity index is 779. The first-order valence-corrected chi connectivity index (χ1v) is 12.5. The minimum atomic E-state index is -1.00. The summed E-state index contributed by atoms with van der Waals surface area (Å²) in [5.74, 6) is -0.509. The van der Waals surface area contributed by atoms with Gasteiger partial charge in [-0.2, -0.15) is 0 Å². The molecule has 2 unspecified atom stereocenters. The highest BCUT2D eigenvalue weighted by atomic mass is 32.1. The molecular formula is C26H41NO4S. The van der Waals surface area contributed by atoms with E-state index in [0.717, 1.165) is 42.8 Å². The lowest BCUT2D eigenvalue weighted by Gasteiger charge is -2.31. The first-order valence-electron chi connectivity index (χ1n) is 11.7. The number of aliphatic hydroxyl groups is 1. The molecule has 0 aliphatic carbocycles. The van der Waals surface area contributed by atoms with Crippen LogP contribution in [0.15, 0.2) is 23.1 Å². The zero-order valence-electron chi connectivity index (χ0n) is 20.6. The van der Waals surface area contributed by atoms with Crippen molar-refractivity contribution in [3.05, 3.63) is 33.8 Å². The number of allylic oxidation sites excluding steroid dienone is 2. The summed E-state index contributed by atoms with van der Waals surface area (Å²) in [7, 11) is 0. The average Bonchev–Trinajstić information content (AvgIpc) is 3.15. The summed E-state index contributed by atoms with van der Waals surface area (Å²) in [5.41, 5.74) is 1.46. The molecule has 0 saturated carbocycles. The summed E-state index contributed by atoms with van der Waals surface area (Å²) >= 11 is 1.68. The van der Waals surface area contributed by atoms with Gasteiger partial charge in [-0.05, 0) is 52.5 Å². The molecule has 2 heterocycles. The smallest absolute Gasteiger partial charge is 0.308 e. The second kappa shape index (κ2) is 14.4. The molecule has 1 aromatic heterocycles. The van der Waals surface area contributed by atoms with Gasteiger partial charge in [0, 0.05) is 11.3 Å². The molecule has 1 aliphatic heterocycles. The number of rotatable bonds is 1. The molecule has 0 aromatic carbocycles. The van der Waals surface area contributed by atoms with E-state index in [1.807, 2.05) is 32.9 Å². The Morgan fingerprint density at radius 3 is 2.56 bits per heavy atom. The number of aliphatic hydroxyl groups excluding tert-OH is 1. The molecule has 0 bridgehead atoms. The number of aromatic nitrogens is 1. The van der Waals surface area contributed by atoms with Crippen LogP contribution in [-0.4, -0.2) is 34.6 Å². The number of hydrogen-bond donors (Lipinski definition) is 1. The quantitative estimate of drug-likeness (QED) is 0.391. The van der Waals surface area contributed by atoms with Crippen molar-refractivity contribution in [1.82, 2.24) is 4.98 Å². The normalized spacial score (nSPS) is 25.4. The minimum absolute atomic E-state index is 0.0287. The maximum absolute atomic E-state index is 12.6. The van der Waals surface area contributed by atoms with Crippen LogP contribution in [0.2, 0.25) is 0 Å². The molecule has 32 heavy (non-hydrogen) atoms. The van der Waals surface area contributed by atoms with Crippen molar-refractivity contribution >= 4 is 29.2 Å². The number of ketones is 1. The molecule has 0 spiro atoms. The number of cyclic esters (lactones) is 1. The second-order valence-electron chi connectivity index (χ2n) is 9.16. The van der Waals surface area contributed by atoms with Crippen LogP contribution >= 0.6 is 11.3 Å². The average molecular weight is 464 g/mol. The van der Waals surface area contributed by atoms with Crippen LogP contribution in [0.4, 0.5) is 0 Å². The summed E-state index contributed by atoms with van der Waals surface area (Å²) in [6.07, 6.45) is 10.8. The van der Waals surface area contributed by atoms with E-state index in [9.17, 15) is 14.7 Å². The number of carbonyl (C=O) groups excluding carboxylic acids is 2. The minimum Gasteiger partial charge on any atom is -0.465 e. The maximum Gasteiger partial charge on any atom is 0.308 e. The molecule has 1 N–H and O–H groups in total. The van der Waals surface area contributed by atoms with Gasteiger partial charge in [0.2, 0.25) is 0 Å². The van der Waals surface area contributed by atoms with Crippen molar-refractivity contribution in [2.75, 3.05) is 6.61 Å². The maximum atomic E-state index is 12.6. The van der Waals surface area contributed by atoms with E-state index in [0.29, 0.717) is 13.0 Å². The van der Waals surface area contributed by atoms with E-state index in [2.05, 4.69) is 23.4 Å². The highest BCUT2D eigenvalue weighted by Gasteiger charge is 2.39. The van der Waals surface area contributed by atoms with Crippen LogP contribution in [0.3, 0.4) is 0 Å². The van der Waals surface area contributed by atoms with Crippen LogP contribution in [0, 0.1) is 18.3 Å². The Balaban J connectivity index is 0.000000471. The molecule has 2 atom stereocenters. The molecule has 2 rings (SSSR count). The monoisotopic (exact) mass is 463 g/mol. The molecule has 1 aromatic rings. The predicted molar refractivity (Wildman–Crippen MR) is 133 cm³/mol. The molecule has 1 aliphatic rings. The van der Waals surface area contributed by atoms with Gasteiger partial charge in [-0.1, -0.05) is 51.3 Å². The Morgan fingerprint density at radius 2 is 1.94 bits per heavy atom. The number of thiazole rings is 1. The van der Waals surface area contributed by atoms with E-state index < -0.39 is 17.5 Å². The summed E-state index contributed by atoms with van der Waals surface area (Å²) in [6, 6.07) is 0. The number of hydrogen-bond acceptors (Lipinski definition) is 6. The molecule has 0 fully saturated rings. The summed E-state index contributed by atoms with van der Waals surface area (Å²) in [6.45, 7) is 11.8. The Kier molecular flexibility index (Phi) is 12.7. The van der Waals surface area contributed by atoms with Crippen LogP contribution < -0.4 is 0 Å². The number of nitrogens with zero attached hydrogens (tertiary/aromatic N) is 1. The van der Waals surface area contributed by atoms with Gasteiger partial charge < -0.3 is 9.84 Å². The standard InChI is InChI=1S/C19H32O4.C7H9NS/c1-14-9-6-5-7-11-15(2)18(22)19(3,4)16(20)13-17(21)23-12-8-10-14;1-3-4-7-5-9-6(2)8-7/h10,15-16,20H,5-9,11-13H2,1-4H3;3-5H,1-2H3/b14-10-;4-3-. The lowest BCUT2D eigenvalue weighted by molar-refractivity contribution is -0.150. The van der Waals surface area contributed by atoms with E-state index in [-0.39, 0.29) is 18.1 Å². The van der Waals surface area contributed by atoms with Gasteiger partial charge in [0.05, 0.1) is 35.2 Å². The first kappa shape index (κ1) is 28.2. The molecule has 0 amide bonds. The van der Waals surface area contributed by atoms with Crippen molar-refractivity contribution in [3.63, 3.8) is 0 Å². The first-order chi connectivity index (χ1) is 15.1. The van der Waals surface area contributed by atoms with Gasteiger partial charge in [0.25, 0.3) is 0 Å². The van der Waals surface area contributed by atoms with Crippen LogP contribution in [0.1, 0.15) is 90.3 Å². The van der Waals surface area contributed by atoms with E-state index in [4.69, 9.17) is 4.74 Å². The zero-order chi connectivity index (χ0) is 24.1. The Hall–Kier alpha value is -1.79. The van der Waals surface area contributed by atoms with E-state index in [1.165, 1.54) is 5.57 Å². The van der Waals surface area contributed by atoms with Crippen LogP contribution in [0.5, 0.6) is 0 Å². The number of Topliss-reactive ketones (excluding diaryl/α,β-unsaturated/α-hetero) is 1. The fraction of sp³-hybridized carbons (Fsp3) is 0.654.